The van der Waals surface area contributed by atoms with Crippen LogP contribution in [0.4, 0.5) is 0 Å². The zero-order valence-corrected chi connectivity index (χ0v) is 20.5. The van der Waals surface area contributed by atoms with E-state index < -0.39 is 0 Å². The summed E-state index contributed by atoms with van der Waals surface area (Å²) in [7, 11) is 1.77. The Bertz CT molecular complexity index is 1020. The molecule has 2 aromatic carbocycles. The van der Waals surface area contributed by atoms with Gasteiger partial charge in [-0.15, -0.1) is 24.0 Å². The summed E-state index contributed by atoms with van der Waals surface area (Å²) in [5.74, 6) is 1.80. The number of aliphatic imine (C=N–C) groups is 1. The van der Waals surface area contributed by atoms with E-state index in [2.05, 4.69) is 44.4 Å². The first-order valence-corrected chi connectivity index (χ1v) is 10.2. The van der Waals surface area contributed by atoms with E-state index in [0.717, 1.165) is 24.6 Å². The van der Waals surface area contributed by atoms with Crippen molar-refractivity contribution in [3.05, 3.63) is 70.6 Å². The first-order valence-electron chi connectivity index (χ1n) is 9.85. The van der Waals surface area contributed by atoms with Gasteiger partial charge in [0.1, 0.15) is 6.10 Å². The quantitative estimate of drug-likeness (QED) is 0.292. The number of guanidine groups is 1. The van der Waals surface area contributed by atoms with Crippen LogP contribution in [0.25, 0.3) is 11.4 Å². The Kier molecular flexibility index (Phi) is 8.28. The smallest absolute Gasteiger partial charge is 0.246 e. The Labute approximate surface area is 203 Å². The molecule has 0 aliphatic carbocycles. The average molecular weight is 554 g/mol. The van der Waals surface area contributed by atoms with Crippen molar-refractivity contribution in [3.63, 3.8) is 0 Å². The second-order valence-electron chi connectivity index (χ2n) is 7.08. The summed E-state index contributed by atoms with van der Waals surface area (Å²) in [5.41, 5.74) is 3.29. The van der Waals surface area contributed by atoms with Crippen molar-refractivity contribution in [3.8, 4) is 11.4 Å². The summed E-state index contributed by atoms with van der Waals surface area (Å²) in [6.07, 6.45) is 0.0124. The molecule has 1 unspecified atom stereocenters. The molecule has 1 aliphatic rings. The fourth-order valence-electron chi connectivity index (χ4n) is 3.51. The number of rotatable bonds is 4. The molecule has 1 atom stereocenters. The number of hydrogen-bond donors (Lipinski definition) is 1. The van der Waals surface area contributed by atoms with E-state index in [-0.39, 0.29) is 30.1 Å². The molecular weight excluding hydrogens is 529 g/mol. The SMILES string of the molecule is CN=C(NCc1nc(-c2ccc(Cl)cc2)no1)N1CCOC(c2ccccc2C)C1.I. The van der Waals surface area contributed by atoms with Crippen LogP contribution in [0.2, 0.25) is 5.02 Å². The normalized spacial score (nSPS) is 16.7. The van der Waals surface area contributed by atoms with E-state index >= 15 is 0 Å². The molecule has 0 bridgehead atoms. The van der Waals surface area contributed by atoms with Crippen LogP contribution in [-0.2, 0) is 11.3 Å². The predicted octanol–water partition coefficient (Wildman–Crippen LogP) is 4.47. The van der Waals surface area contributed by atoms with Crippen molar-refractivity contribution in [1.29, 1.82) is 0 Å². The molecule has 0 amide bonds. The van der Waals surface area contributed by atoms with Gasteiger partial charge in [-0.1, -0.05) is 41.0 Å². The highest BCUT2D eigenvalue weighted by atomic mass is 127. The molecule has 3 aromatic rings. The van der Waals surface area contributed by atoms with Crippen molar-refractivity contribution in [2.45, 2.75) is 19.6 Å². The number of aromatic nitrogens is 2. The lowest BCUT2D eigenvalue weighted by Crippen LogP contribution is -2.48. The van der Waals surface area contributed by atoms with Crippen LogP contribution in [0, 0.1) is 6.92 Å². The van der Waals surface area contributed by atoms with Crippen LogP contribution in [0.1, 0.15) is 23.1 Å². The van der Waals surface area contributed by atoms with Gasteiger partial charge in [0.2, 0.25) is 11.7 Å². The minimum atomic E-state index is 0. The highest BCUT2D eigenvalue weighted by molar-refractivity contribution is 14.0. The molecule has 1 N–H and O–H groups in total. The van der Waals surface area contributed by atoms with E-state index in [9.17, 15) is 0 Å². The average Bonchev–Trinajstić information content (AvgIpc) is 3.24. The van der Waals surface area contributed by atoms with Gasteiger partial charge in [-0.25, -0.2) is 0 Å². The second kappa shape index (κ2) is 10.9. The van der Waals surface area contributed by atoms with Crippen LogP contribution < -0.4 is 5.32 Å². The van der Waals surface area contributed by atoms with E-state index in [1.54, 1.807) is 19.2 Å². The van der Waals surface area contributed by atoms with Crippen molar-refractivity contribution in [1.82, 2.24) is 20.4 Å². The summed E-state index contributed by atoms with van der Waals surface area (Å²) in [6, 6.07) is 15.7. The van der Waals surface area contributed by atoms with E-state index in [4.69, 9.17) is 20.9 Å². The zero-order valence-electron chi connectivity index (χ0n) is 17.4. The monoisotopic (exact) mass is 553 g/mol. The summed E-state index contributed by atoms with van der Waals surface area (Å²) in [4.78, 5) is 11.1. The van der Waals surface area contributed by atoms with Crippen LogP contribution in [0.15, 0.2) is 58.0 Å². The summed E-state index contributed by atoms with van der Waals surface area (Å²) in [6.45, 7) is 4.63. The Morgan fingerprint density at radius 2 is 2.00 bits per heavy atom. The Morgan fingerprint density at radius 1 is 1.23 bits per heavy atom. The highest BCUT2D eigenvalue weighted by Crippen LogP contribution is 2.25. The van der Waals surface area contributed by atoms with Crippen LogP contribution in [0.3, 0.4) is 0 Å². The summed E-state index contributed by atoms with van der Waals surface area (Å²) < 4.78 is 11.4. The van der Waals surface area contributed by atoms with Gasteiger partial charge in [-0.2, -0.15) is 4.98 Å². The molecule has 0 saturated carbocycles. The van der Waals surface area contributed by atoms with Crippen LogP contribution in [0.5, 0.6) is 0 Å². The molecule has 1 aliphatic heterocycles. The lowest BCUT2D eigenvalue weighted by atomic mass is 10.0. The molecule has 1 saturated heterocycles. The second-order valence-corrected chi connectivity index (χ2v) is 7.52. The predicted molar refractivity (Wildman–Crippen MR) is 132 cm³/mol. The molecule has 1 aromatic heterocycles. The maximum atomic E-state index is 6.02. The number of morpholine rings is 1. The molecule has 0 radical (unpaired) electrons. The molecule has 9 heteroatoms. The minimum Gasteiger partial charge on any atom is -0.370 e. The van der Waals surface area contributed by atoms with E-state index in [1.807, 2.05) is 24.3 Å². The maximum Gasteiger partial charge on any atom is 0.246 e. The van der Waals surface area contributed by atoms with Gasteiger partial charge in [-0.05, 0) is 42.3 Å². The molecule has 4 rings (SSSR count). The number of halogens is 2. The molecule has 164 valence electrons. The summed E-state index contributed by atoms with van der Waals surface area (Å²) >= 11 is 5.94. The van der Waals surface area contributed by atoms with Gasteiger partial charge < -0.3 is 19.5 Å². The van der Waals surface area contributed by atoms with Crippen LogP contribution >= 0.6 is 35.6 Å². The third-order valence-corrected chi connectivity index (χ3v) is 5.33. The lowest BCUT2D eigenvalue weighted by molar-refractivity contribution is -0.00837. The van der Waals surface area contributed by atoms with E-state index in [1.165, 1.54) is 11.1 Å². The maximum absolute atomic E-state index is 6.02. The van der Waals surface area contributed by atoms with Gasteiger partial charge in [-0.3, -0.25) is 4.99 Å². The molecule has 0 spiro atoms. The number of hydrogen-bond acceptors (Lipinski definition) is 5. The zero-order chi connectivity index (χ0) is 20.9. The van der Waals surface area contributed by atoms with Crippen molar-refractivity contribution < 1.29 is 9.26 Å². The number of benzene rings is 2. The third kappa shape index (κ3) is 5.75. The Hall–Kier alpha value is -2.17. The van der Waals surface area contributed by atoms with Gasteiger partial charge >= 0.3 is 0 Å². The first-order chi connectivity index (χ1) is 14.6. The van der Waals surface area contributed by atoms with Crippen LogP contribution in [-0.4, -0.2) is 47.7 Å². The molecule has 31 heavy (non-hydrogen) atoms. The number of aryl methyl sites for hydroxylation is 1. The molecule has 2 heterocycles. The number of nitrogens with zero attached hydrogens (tertiary/aromatic N) is 4. The lowest BCUT2D eigenvalue weighted by Gasteiger charge is -2.35. The topological polar surface area (TPSA) is 75.8 Å². The Balaban J connectivity index is 0.00000272. The number of nitrogens with one attached hydrogen (secondary N) is 1. The van der Waals surface area contributed by atoms with E-state index in [0.29, 0.717) is 29.9 Å². The highest BCUT2D eigenvalue weighted by Gasteiger charge is 2.25. The van der Waals surface area contributed by atoms with Crippen molar-refractivity contribution in [2.75, 3.05) is 26.7 Å². The summed E-state index contributed by atoms with van der Waals surface area (Å²) in [5, 5.41) is 8.04. The van der Waals surface area contributed by atoms with Gasteiger partial charge in [0, 0.05) is 24.2 Å². The standard InChI is InChI=1S/C22H24ClN5O2.HI/c1-15-5-3-4-6-18(15)19-14-28(11-12-29-19)22(24-2)25-13-20-26-21(27-30-20)16-7-9-17(23)10-8-16;/h3-10,19H,11-14H2,1-2H3,(H,24,25);1H. The van der Waals surface area contributed by atoms with Gasteiger partial charge in [0.05, 0.1) is 19.7 Å². The minimum absolute atomic E-state index is 0. The molecule has 1 fully saturated rings. The van der Waals surface area contributed by atoms with Crippen molar-refractivity contribution in [2.24, 2.45) is 4.99 Å². The Morgan fingerprint density at radius 3 is 2.74 bits per heavy atom. The third-order valence-electron chi connectivity index (χ3n) is 5.08. The van der Waals surface area contributed by atoms with Gasteiger partial charge in [0.25, 0.3) is 0 Å². The number of ether oxygens (including phenoxy) is 1. The van der Waals surface area contributed by atoms with Gasteiger partial charge in [0.15, 0.2) is 5.96 Å². The fourth-order valence-corrected chi connectivity index (χ4v) is 3.63. The molecular formula is C22H25ClIN5O2. The first kappa shape index (κ1) is 23.5. The fraction of sp³-hybridized carbons (Fsp3) is 0.318. The molecule has 7 nitrogen and oxygen atoms in total. The van der Waals surface area contributed by atoms with Crippen molar-refractivity contribution >= 4 is 41.5 Å². The largest absolute Gasteiger partial charge is 0.370 e.